The minimum atomic E-state index is -1.50. The van der Waals surface area contributed by atoms with Gasteiger partial charge in [0.1, 0.15) is 17.5 Å². The van der Waals surface area contributed by atoms with Crippen molar-refractivity contribution in [2.45, 2.75) is 77.3 Å². The van der Waals surface area contributed by atoms with Crippen molar-refractivity contribution in [3.8, 4) is 0 Å². The van der Waals surface area contributed by atoms with E-state index in [0.717, 1.165) is 11.1 Å². The molecule has 0 radical (unpaired) electrons. The van der Waals surface area contributed by atoms with Gasteiger partial charge in [0.15, 0.2) is 6.10 Å². The largest absolute Gasteiger partial charge is 0.472 e. The first-order valence-corrected chi connectivity index (χ1v) is 12.2. The highest BCUT2D eigenvalue weighted by Gasteiger charge is 2.74. The lowest BCUT2D eigenvalue weighted by Crippen LogP contribution is -2.74. The van der Waals surface area contributed by atoms with E-state index in [9.17, 15) is 19.5 Å². The molecule has 8 heteroatoms. The van der Waals surface area contributed by atoms with Crippen LogP contribution in [0, 0.1) is 28.1 Å². The summed E-state index contributed by atoms with van der Waals surface area (Å²) in [7, 11) is 1.23. The van der Waals surface area contributed by atoms with Gasteiger partial charge in [0.25, 0.3) is 0 Å². The molecule has 1 aromatic heterocycles. The molecule has 5 rings (SSSR count). The molecule has 5 unspecified atom stereocenters. The average Bonchev–Trinajstić information content (AvgIpc) is 3.32. The number of aliphatic hydroxyl groups excluding tert-OH is 1. The number of aliphatic hydroxyl groups is 1. The maximum absolute atomic E-state index is 13.4. The lowest BCUT2D eigenvalue weighted by atomic mass is 9.41. The summed E-state index contributed by atoms with van der Waals surface area (Å²) >= 11 is 0. The number of ketones is 1. The van der Waals surface area contributed by atoms with Gasteiger partial charge in [0.05, 0.1) is 32.2 Å². The second-order valence-electron chi connectivity index (χ2n) is 11.7. The van der Waals surface area contributed by atoms with Gasteiger partial charge in [0.2, 0.25) is 0 Å². The van der Waals surface area contributed by atoms with Crippen LogP contribution in [0.3, 0.4) is 0 Å². The third-order valence-corrected chi connectivity index (χ3v) is 9.96. The summed E-state index contributed by atoms with van der Waals surface area (Å²) < 4.78 is 23.0. The molecule has 2 bridgehead atoms. The van der Waals surface area contributed by atoms with E-state index < -0.39 is 58.0 Å². The summed E-state index contributed by atoms with van der Waals surface area (Å²) in [6.45, 7) is 12.1. The smallest absolute Gasteiger partial charge is 0.335 e. The Labute approximate surface area is 205 Å². The number of rotatable bonds is 3. The maximum Gasteiger partial charge on any atom is 0.335 e. The minimum absolute atomic E-state index is 0.00156. The lowest BCUT2D eigenvalue weighted by Gasteiger charge is -2.70. The van der Waals surface area contributed by atoms with Crippen LogP contribution in [0.25, 0.3) is 0 Å². The number of carbonyl (C=O) groups excluding carboxylic acids is 3. The topological polar surface area (TPSA) is 112 Å². The fraction of sp³-hybridized carbons (Fsp3) is 0.667. The van der Waals surface area contributed by atoms with E-state index in [1.165, 1.54) is 7.11 Å². The lowest BCUT2D eigenvalue weighted by molar-refractivity contribution is -0.303. The number of ether oxygens (including phenoxy) is 3. The number of esters is 2. The number of Topliss-reactive ketones (excluding diaryl/α,β-unsaturated/α-hetero) is 1. The van der Waals surface area contributed by atoms with Crippen molar-refractivity contribution < 1.29 is 38.1 Å². The number of methoxy groups -OCH3 is 1. The van der Waals surface area contributed by atoms with Crippen LogP contribution in [0.2, 0.25) is 0 Å². The minimum Gasteiger partial charge on any atom is -0.472 e. The van der Waals surface area contributed by atoms with E-state index in [-0.39, 0.29) is 24.5 Å². The molecule has 8 atom stereocenters. The van der Waals surface area contributed by atoms with Gasteiger partial charge in [-0.25, -0.2) is 4.79 Å². The monoisotopic (exact) mass is 486 g/mol. The second-order valence-corrected chi connectivity index (χ2v) is 11.7. The normalized spacial score (nSPS) is 43.0. The zero-order valence-electron chi connectivity index (χ0n) is 21.0. The molecule has 2 aliphatic heterocycles. The highest BCUT2D eigenvalue weighted by Crippen LogP contribution is 2.71. The Hall–Kier alpha value is -2.45. The van der Waals surface area contributed by atoms with Gasteiger partial charge < -0.3 is 23.7 Å². The molecule has 35 heavy (non-hydrogen) atoms. The van der Waals surface area contributed by atoms with Crippen LogP contribution in [0.1, 0.15) is 65.0 Å². The molecule has 1 aromatic rings. The summed E-state index contributed by atoms with van der Waals surface area (Å²) in [6.07, 6.45) is 1.91. The van der Waals surface area contributed by atoms with Gasteiger partial charge >= 0.3 is 11.9 Å². The Balaban J connectivity index is 1.65. The average molecular weight is 487 g/mol. The van der Waals surface area contributed by atoms with Crippen molar-refractivity contribution in [2.24, 2.45) is 28.1 Å². The van der Waals surface area contributed by atoms with Crippen LogP contribution in [-0.4, -0.2) is 47.7 Å². The maximum atomic E-state index is 13.4. The van der Waals surface area contributed by atoms with Gasteiger partial charge in [-0.1, -0.05) is 34.3 Å². The highest BCUT2D eigenvalue weighted by atomic mass is 16.6. The number of hydrogen-bond donors (Lipinski definition) is 1. The molecular formula is C27H34O8. The molecule has 1 N–H and O–H groups in total. The second kappa shape index (κ2) is 7.53. The van der Waals surface area contributed by atoms with Crippen LogP contribution in [0.4, 0.5) is 0 Å². The molecule has 2 aliphatic carbocycles. The first-order chi connectivity index (χ1) is 16.3. The zero-order chi connectivity index (χ0) is 25.6. The number of furan rings is 1. The SMILES string of the molecule is C=C1C2CC[C@@]3(C)C(c4ccoc4)OC(=O)C[C@]13OC1CC(=O)C(C)(C)C(C(O)C(=O)OC)[C@]12C. The van der Waals surface area contributed by atoms with Crippen molar-refractivity contribution in [3.05, 3.63) is 36.3 Å². The predicted molar refractivity (Wildman–Crippen MR) is 123 cm³/mol. The van der Waals surface area contributed by atoms with E-state index in [1.807, 2.05) is 6.92 Å². The summed E-state index contributed by atoms with van der Waals surface area (Å²) in [4.78, 5) is 39.0. The first-order valence-electron chi connectivity index (χ1n) is 12.2. The van der Waals surface area contributed by atoms with Crippen molar-refractivity contribution in [1.29, 1.82) is 0 Å². The number of hydrogen-bond acceptors (Lipinski definition) is 8. The van der Waals surface area contributed by atoms with Gasteiger partial charge in [0, 0.05) is 34.1 Å². The summed E-state index contributed by atoms with van der Waals surface area (Å²) in [5.41, 5.74) is -1.92. The molecule has 4 aliphatic rings. The highest BCUT2D eigenvalue weighted by molar-refractivity contribution is 5.88. The summed E-state index contributed by atoms with van der Waals surface area (Å²) in [5, 5.41) is 11.2. The van der Waals surface area contributed by atoms with Crippen LogP contribution in [0.15, 0.2) is 35.2 Å². The third-order valence-electron chi connectivity index (χ3n) is 9.96. The van der Waals surface area contributed by atoms with Crippen LogP contribution < -0.4 is 0 Å². The molecule has 190 valence electrons. The third kappa shape index (κ3) is 2.90. The standard InChI is InChI=1S/C27H34O8/c1-14-16-7-9-25(4)22(15-8-10-33-13-15)34-19(29)12-27(14,25)35-18-11-17(28)24(2,3)21(26(16,18)5)20(30)23(31)32-6/h8,10,13,16,18,20-22,30H,1,7,9,11-12H2,2-6H3/t16?,18?,20?,21?,22?,25-,26-,27-/m0/s1. The number of cyclic esters (lactones) is 1. The number of carbonyl (C=O) groups is 3. The summed E-state index contributed by atoms with van der Waals surface area (Å²) in [5.74, 6) is -2.20. The molecular weight excluding hydrogens is 452 g/mol. The Morgan fingerprint density at radius 1 is 1.26 bits per heavy atom. The van der Waals surface area contributed by atoms with Crippen molar-refractivity contribution in [3.63, 3.8) is 0 Å². The fourth-order valence-corrected chi connectivity index (χ4v) is 8.08. The van der Waals surface area contributed by atoms with E-state index in [4.69, 9.17) is 18.6 Å². The van der Waals surface area contributed by atoms with E-state index in [2.05, 4.69) is 13.5 Å². The number of fused-ring (bicyclic) bond motifs is 3. The van der Waals surface area contributed by atoms with E-state index >= 15 is 0 Å². The van der Waals surface area contributed by atoms with E-state index in [0.29, 0.717) is 12.8 Å². The molecule has 3 heterocycles. The van der Waals surface area contributed by atoms with E-state index in [1.54, 1.807) is 32.4 Å². The molecule has 0 amide bonds. The van der Waals surface area contributed by atoms with Crippen LogP contribution in [0.5, 0.6) is 0 Å². The predicted octanol–water partition coefficient (Wildman–Crippen LogP) is 3.53. The van der Waals surface area contributed by atoms with Crippen LogP contribution in [-0.2, 0) is 28.6 Å². The van der Waals surface area contributed by atoms with Crippen LogP contribution >= 0.6 is 0 Å². The Morgan fingerprint density at radius 2 is 1.97 bits per heavy atom. The Morgan fingerprint density at radius 3 is 2.60 bits per heavy atom. The summed E-state index contributed by atoms with van der Waals surface area (Å²) in [6, 6.07) is 1.79. The van der Waals surface area contributed by atoms with Crippen molar-refractivity contribution >= 4 is 17.7 Å². The van der Waals surface area contributed by atoms with Gasteiger partial charge in [-0.05, 0) is 30.4 Å². The quantitative estimate of drug-likeness (QED) is 0.510. The Bertz CT molecular complexity index is 1090. The molecule has 4 fully saturated rings. The fourth-order valence-electron chi connectivity index (χ4n) is 8.08. The van der Waals surface area contributed by atoms with Gasteiger partial charge in [-0.3, -0.25) is 9.59 Å². The molecule has 2 saturated heterocycles. The van der Waals surface area contributed by atoms with Crippen molar-refractivity contribution in [1.82, 2.24) is 0 Å². The van der Waals surface area contributed by atoms with Gasteiger partial charge in [-0.2, -0.15) is 0 Å². The molecule has 2 saturated carbocycles. The zero-order valence-corrected chi connectivity index (χ0v) is 21.0. The molecule has 8 nitrogen and oxygen atoms in total. The molecule has 1 spiro atoms. The van der Waals surface area contributed by atoms with Crippen molar-refractivity contribution in [2.75, 3.05) is 7.11 Å². The molecule has 0 aromatic carbocycles. The first kappa shape index (κ1) is 24.3. The Kier molecular flexibility index (Phi) is 5.22. The van der Waals surface area contributed by atoms with Gasteiger partial charge in [-0.15, -0.1) is 0 Å².